The van der Waals surface area contributed by atoms with Crippen molar-refractivity contribution in [2.24, 2.45) is 13.0 Å². The van der Waals surface area contributed by atoms with E-state index in [1.807, 2.05) is 0 Å². The fourth-order valence-corrected chi connectivity index (χ4v) is 3.73. The number of aryl methyl sites for hydroxylation is 1. The van der Waals surface area contributed by atoms with E-state index in [2.05, 4.69) is 9.71 Å². The molecular weight excluding hydrogens is 320 g/mol. The molecule has 2 fully saturated rings. The van der Waals surface area contributed by atoms with Gasteiger partial charge in [-0.3, -0.25) is 4.79 Å². The lowest BCUT2D eigenvalue weighted by Crippen LogP contribution is -2.51. The highest BCUT2D eigenvalue weighted by molar-refractivity contribution is 7.89. The van der Waals surface area contributed by atoms with Gasteiger partial charge in [0.1, 0.15) is 0 Å². The summed E-state index contributed by atoms with van der Waals surface area (Å²) in [7, 11) is -2.07. The summed E-state index contributed by atoms with van der Waals surface area (Å²) in [4.78, 5) is 18.0. The van der Waals surface area contributed by atoms with Crippen molar-refractivity contribution in [2.45, 2.75) is 30.3 Å². The maximum absolute atomic E-state index is 12.4. The topological polar surface area (TPSA) is 93.5 Å². The summed E-state index contributed by atoms with van der Waals surface area (Å²) in [5.41, 5.74) is 0. The second-order valence-corrected chi connectivity index (χ2v) is 7.91. The predicted molar refractivity (Wildman–Crippen MR) is 82.1 cm³/mol. The molecule has 0 spiro atoms. The number of amides is 1. The van der Waals surface area contributed by atoms with Gasteiger partial charge in [0.15, 0.2) is 5.03 Å². The molecule has 9 heteroatoms. The zero-order valence-electron chi connectivity index (χ0n) is 13.1. The minimum atomic E-state index is -3.76. The Kier molecular flexibility index (Phi) is 4.69. The van der Waals surface area contributed by atoms with Gasteiger partial charge in [0.05, 0.1) is 32.1 Å². The predicted octanol–water partition coefficient (Wildman–Crippen LogP) is -0.274. The smallest absolute Gasteiger partial charge is 0.260 e. The van der Waals surface area contributed by atoms with Gasteiger partial charge in [-0.05, 0) is 12.3 Å². The van der Waals surface area contributed by atoms with Crippen LogP contribution in [-0.4, -0.2) is 61.1 Å². The van der Waals surface area contributed by atoms with Crippen LogP contribution in [0.15, 0.2) is 17.6 Å². The largest absolute Gasteiger partial charge is 0.377 e. The average Bonchev–Trinajstić information content (AvgIpc) is 3.23. The zero-order valence-corrected chi connectivity index (χ0v) is 14.0. The van der Waals surface area contributed by atoms with Gasteiger partial charge in [-0.1, -0.05) is 12.8 Å². The van der Waals surface area contributed by atoms with Gasteiger partial charge in [0.25, 0.3) is 10.0 Å². The minimum absolute atomic E-state index is 0.0584. The van der Waals surface area contributed by atoms with E-state index in [1.165, 1.54) is 25.4 Å². The molecule has 8 nitrogen and oxygen atoms in total. The van der Waals surface area contributed by atoms with Crippen molar-refractivity contribution >= 4 is 15.9 Å². The van der Waals surface area contributed by atoms with E-state index in [4.69, 9.17) is 4.74 Å². The monoisotopic (exact) mass is 342 g/mol. The van der Waals surface area contributed by atoms with Gasteiger partial charge in [0.2, 0.25) is 5.91 Å². The number of imidazole rings is 1. The van der Waals surface area contributed by atoms with E-state index in [-0.39, 0.29) is 23.5 Å². The molecule has 0 radical (unpaired) electrons. The highest BCUT2D eigenvalue weighted by Gasteiger charge is 2.33. The van der Waals surface area contributed by atoms with Gasteiger partial charge >= 0.3 is 0 Å². The number of nitrogens with zero attached hydrogens (tertiary/aromatic N) is 3. The Hall–Kier alpha value is -1.45. The Balaban J connectivity index is 1.59. The lowest BCUT2D eigenvalue weighted by molar-refractivity contribution is -0.139. The second kappa shape index (κ2) is 6.58. The Bertz CT molecular complexity index is 668. The number of morpholine rings is 1. The fraction of sp³-hybridized carbons (Fsp3) is 0.714. The maximum atomic E-state index is 12.4. The molecule has 1 aliphatic carbocycles. The molecular formula is C14H22N4O4S. The molecule has 0 bridgehead atoms. The van der Waals surface area contributed by atoms with Crippen LogP contribution in [0.25, 0.3) is 0 Å². The van der Waals surface area contributed by atoms with E-state index in [0.29, 0.717) is 25.7 Å². The van der Waals surface area contributed by atoms with Crippen LogP contribution < -0.4 is 4.72 Å². The molecule has 2 aliphatic rings. The minimum Gasteiger partial charge on any atom is -0.377 e. The highest BCUT2D eigenvalue weighted by atomic mass is 32.2. The number of ether oxygens (including phenoxy) is 1. The summed E-state index contributed by atoms with van der Waals surface area (Å²) in [5, 5.41) is -0.0793. The quantitative estimate of drug-likeness (QED) is 0.768. The van der Waals surface area contributed by atoms with Crippen LogP contribution in [0.2, 0.25) is 0 Å². The van der Waals surface area contributed by atoms with Crippen molar-refractivity contribution in [1.29, 1.82) is 0 Å². The number of hydrogen-bond donors (Lipinski definition) is 1. The Morgan fingerprint density at radius 2 is 2.26 bits per heavy atom. The molecule has 1 aromatic heterocycles. The first-order valence-corrected chi connectivity index (χ1v) is 9.29. The molecule has 128 valence electrons. The van der Waals surface area contributed by atoms with Gasteiger partial charge in [0, 0.05) is 19.8 Å². The molecule has 1 atom stereocenters. The lowest BCUT2D eigenvalue weighted by Gasteiger charge is -2.35. The van der Waals surface area contributed by atoms with Crippen molar-refractivity contribution in [3.63, 3.8) is 0 Å². The third kappa shape index (κ3) is 4.10. The number of carbonyl (C=O) groups is 1. The van der Waals surface area contributed by atoms with Crippen LogP contribution in [-0.2, 0) is 26.6 Å². The van der Waals surface area contributed by atoms with Crippen molar-refractivity contribution < 1.29 is 17.9 Å². The Labute approximate surface area is 135 Å². The molecule has 2 heterocycles. The summed E-state index contributed by atoms with van der Waals surface area (Å²) < 4.78 is 33.6. The van der Waals surface area contributed by atoms with E-state index in [1.54, 1.807) is 16.5 Å². The first kappa shape index (κ1) is 16.4. The first-order chi connectivity index (χ1) is 11.0. The number of rotatable bonds is 6. The normalized spacial score (nSPS) is 22.3. The number of nitrogens with one attached hydrogen (secondary N) is 1. The van der Waals surface area contributed by atoms with Crippen molar-refractivity contribution in [3.05, 3.63) is 12.5 Å². The van der Waals surface area contributed by atoms with E-state index < -0.39 is 10.0 Å². The van der Waals surface area contributed by atoms with Crippen molar-refractivity contribution in [1.82, 2.24) is 19.2 Å². The molecule has 23 heavy (non-hydrogen) atoms. The van der Waals surface area contributed by atoms with Crippen LogP contribution in [0.4, 0.5) is 0 Å². The molecule has 3 rings (SSSR count). The molecule has 1 aromatic rings. The third-order valence-corrected chi connectivity index (χ3v) is 5.51. The number of sulfonamides is 1. The molecule has 1 aliphatic heterocycles. The molecule has 1 saturated heterocycles. The standard InChI is InChI=1S/C14H22N4O4S/c1-17-8-13(15-10-17)23(20,21)16-7-14(19)18-4-5-22-9-12(18)6-11-2-3-11/h8,10-12,16H,2-7,9H2,1H3. The van der Waals surface area contributed by atoms with Crippen molar-refractivity contribution in [2.75, 3.05) is 26.3 Å². The van der Waals surface area contributed by atoms with Crippen LogP contribution in [0.3, 0.4) is 0 Å². The van der Waals surface area contributed by atoms with Gasteiger partial charge in [-0.15, -0.1) is 0 Å². The number of hydrogen-bond acceptors (Lipinski definition) is 5. The van der Waals surface area contributed by atoms with Gasteiger partial charge in [-0.2, -0.15) is 0 Å². The third-order valence-electron chi connectivity index (χ3n) is 4.22. The van der Waals surface area contributed by atoms with E-state index >= 15 is 0 Å². The molecule has 0 aromatic carbocycles. The average molecular weight is 342 g/mol. The van der Waals surface area contributed by atoms with Gasteiger partial charge < -0.3 is 14.2 Å². The molecule has 1 unspecified atom stereocenters. The summed E-state index contributed by atoms with van der Waals surface area (Å²) in [6.45, 7) is 1.30. The number of aromatic nitrogens is 2. The van der Waals surface area contributed by atoms with Gasteiger partial charge in [-0.25, -0.2) is 18.1 Å². The SMILES string of the molecule is Cn1cnc(S(=O)(=O)NCC(=O)N2CCOCC2CC2CC2)c1. The lowest BCUT2D eigenvalue weighted by atomic mass is 10.1. The Morgan fingerprint density at radius 1 is 1.48 bits per heavy atom. The molecule has 1 amide bonds. The Morgan fingerprint density at radius 3 is 2.91 bits per heavy atom. The first-order valence-electron chi connectivity index (χ1n) is 7.80. The zero-order chi connectivity index (χ0) is 16.4. The van der Waals surface area contributed by atoms with E-state index in [9.17, 15) is 13.2 Å². The van der Waals surface area contributed by atoms with Crippen molar-refractivity contribution in [3.8, 4) is 0 Å². The second-order valence-electron chi connectivity index (χ2n) is 6.20. The van der Waals surface area contributed by atoms with E-state index in [0.717, 1.165) is 6.42 Å². The fourth-order valence-electron chi connectivity index (χ4n) is 2.78. The van der Waals surface area contributed by atoms with Crippen LogP contribution in [0.1, 0.15) is 19.3 Å². The highest BCUT2D eigenvalue weighted by Crippen LogP contribution is 2.35. The summed E-state index contributed by atoms with van der Waals surface area (Å²) >= 11 is 0. The maximum Gasteiger partial charge on any atom is 0.260 e. The van der Waals surface area contributed by atoms with Crippen LogP contribution in [0.5, 0.6) is 0 Å². The van der Waals surface area contributed by atoms with Crippen LogP contribution >= 0.6 is 0 Å². The summed E-state index contributed by atoms with van der Waals surface area (Å²) in [6.07, 6.45) is 6.18. The molecule has 1 saturated carbocycles. The molecule has 1 N–H and O–H groups in total. The van der Waals surface area contributed by atoms with Crippen LogP contribution in [0, 0.1) is 5.92 Å². The number of carbonyl (C=O) groups excluding carboxylic acids is 1. The summed E-state index contributed by atoms with van der Waals surface area (Å²) in [6, 6.07) is 0.0584. The summed E-state index contributed by atoms with van der Waals surface area (Å²) in [5.74, 6) is 0.473.